The average Bonchev–Trinajstić information content (AvgIpc) is 3.31. The average molecular weight is 625 g/mol. The van der Waals surface area contributed by atoms with Crippen LogP contribution < -0.4 is 5.73 Å². The van der Waals surface area contributed by atoms with Crippen LogP contribution in [0, 0.1) is 5.41 Å². The summed E-state index contributed by atoms with van der Waals surface area (Å²) < 4.78 is 41.0. The quantitative estimate of drug-likeness (QED) is 0.147. The zero-order valence-electron chi connectivity index (χ0n) is 26.8. The van der Waals surface area contributed by atoms with E-state index in [2.05, 4.69) is 13.0 Å². The molecule has 2 aromatic carbocycles. The molecule has 3 aromatic rings. The monoisotopic (exact) mass is 624 g/mol. The van der Waals surface area contributed by atoms with Crippen molar-refractivity contribution in [2.24, 2.45) is 5.73 Å². The lowest BCUT2D eigenvalue weighted by atomic mass is 9.81. The first-order valence-corrected chi connectivity index (χ1v) is 15.0. The van der Waals surface area contributed by atoms with Crippen LogP contribution in [0.3, 0.4) is 0 Å². The molecule has 7 nitrogen and oxygen atoms in total. The van der Waals surface area contributed by atoms with Gasteiger partial charge < -0.3 is 25.7 Å². The second-order valence-electron chi connectivity index (χ2n) is 11.9. The molecular formula is C35H43F3N4O3. The summed E-state index contributed by atoms with van der Waals surface area (Å²) in [5.74, 6) is -0.523. The molecule has 1 amide bonds. The van der Waals surface area contributed by atoms with E-state index in [0.717, 1.165) is 53.5 Å². The summed E-state index contributed by atoms with van der Waals surface area (Å²) in [6.45, 7) is 12.1. The number of Topliss-reactive ketones (excluding diaryl/α,β-unsaturated/α-hetero) is 1. The van der Waals surface area contributed by atoms with Crippen LogP contribution in [0.1, 0.15) is 97.2 Å². The third kappa shape index (κ3) is 7.92. The van der Waals surface area contributed by atoms with E-state index in [9.17, 15) is 27.9 Å². The topological polar surface area (TPSA) is 112 Å². The molecule has 0 saturated heterocycles. The normalized spacial score (nSPS) is 15.1. The van der Waals surface area contributed by atoms with Crippen molar-refractivity contribution in [3.05, 3.63) is 105 Å². The lowest BCUT2D eigenvalue weighted by Gasteiger charge is -2.40. The first kappa shape index (κ1) is 35.3. The molecule has 1 aliphatic heterocycles. The van der Waals surface area contributed by atoms with Crippen LogP contribution in [0.5, 0.6) is 0 Å². The maximum Gasteiger partial charge on any atom is 0.416 e. The first-order chi connectivity index (χ1) is 21.1. The van der Waals surface area contributed by atoms with E-state index in [1.165, 1.54) is 24.6 Å². The minimum Gasteiger partial charge on any atom is -0.404 e. The first-order valence-electron chi connectivity index (χ1n) is 15.0. The van der Waals surface area contributed by atoms with Crippen molar-refractivity contribution >= 4 is 17.9 Å². The zero-order valence-corrected chi connectivity index (χ0v) is 26.8. The molecule has 0 fully saturated rings. The van der Waals surface area contributed by atoms with E-state index in [1.807, 2.05) is 43.5 Å². The number of carbonyl (C=O) groups excluding carboxylic acids is 2. The van der Waals surface area contributed by atoms with Crippen LogP contribution in [-0.4, -0.2) is 39.0 Å². The fraction of sp³-hybridized carbons (Fsp3) is 0.400. The summed E-state index contributed by atoms with van der Waals surface area (Å²) in [6.07, 6.45) is -1.18. The van der Waals surface area contributed by atoms with Gasteiger partial charge in [0.2, 0.25) is 0 Å². The maximum atomic E-state index is 13.0. The number of alkyl halides is 3. The molecule has 0 bridgehead atoms. The third-order valence-electron chi connectivity index (χ3n) is 8.07. The van der Waals surface area contributed by atoms with Crippen molar-refractivity contribution in [1.82, 2.24) is 9.47 Å². The number of aromatic nitrogens is 1. The van der Waals surface area contributed by atoms with Crippen molar-refractivity contribution in [2.45, 2.75) is 85.2 Å². The molecular weight excluding hydrogens is 581 g/mol. The molecule has 0 radical (unpaired) electrons. The summed E-state index contributed by atoms with van der Waals surface area (Å²) in [5, 5.41) is 16.7. The van der Waals surface area contributed by atoms with Crippen molar-refractivity contribution in [3.8, 4) is 0 Å². The van der Waals surface area contributed by atoms with Gasteiger partial charge in [0, 0.05) is 60.0 Å². The number of aliphatic hydroxyl groups excluding tert-OH is 1. The fourth-order valence-electron chi connectivity index (χ4n) is 5.97. The lowest BCUT2D eigenvalue weighted by molar-refractivity contribution is -0.137. The summed E-state index contributed by atoms with van der Waals surface area (Å²) in [6, 6.07) is 13.1. The molecule has 242 valence electrons. The van der Waals surface area contributed by atoms with Gasteiger partial charge in [-0.05, 0) is 55.5 Å². The Labute approximate surface area is 263 Å². The van der Waals surface area contributed by atoms with E-state index < -0.39 is 17.2 Å². The van der Waals surface area contributed by atoms with Crippen LogP contribution in [0.15, 0.2) is 60.3 Å². The van der Waals surface area contributed by atoms with E-state index in [-0.39, 0.29) is 29.9 Å². The summed E-state index contributed by atoms with van der Waals surface area (Å²) in [5.41, 5.74) is 10.2. The van der Waals surface area contributed by atoms with E-state index in [1.54, 1.807) is 11.8 Å². The number of nitrogens with one attached hydrogen (secondary N) is 1. The van der Waals surface area contributed by atoms with Gasteiger partial charge in [0.05, 0.1) is 17.2 Å². The zero-order chi connectivity index (χ0) is 33.7. The smallest absolute Gasteiger partial charge is 0.404 e. The van der Waals surface area contributed by atoms with Gasteiger partial charge in [-0.1, -0.05) is 64.1 Å². The Hall–Kier alpha value is -4.18. The molecule has 0 saturated carbocycles. The number of ketones is 1. The van der Waals surface area contributed by atoms with E-state index in [4.69, 9.17) is 11.1 Å². The second-order valence-corrected chi connectivity index (χ2v) is 11.9. The molecule has 45 heavy (non-hydrogen) atoms. The SMILES string of the molecule is CCc1c(C(C)=O)c2c(n1Cc1ccc(C(F)(F)F)cc1)C(C)(C)CN(C(=O)/C(C=N)=C/N)C2.CCc1cccc(C(C)O)c1. The Morgan fingerprint density at radius 3 is 2.22 bits per heavy atom. The summed E-state index contributed by atoms with van der Waals surface area (Å²) in [7, 11) is 0. The number of halogens is 3. The highest BCUT2D eigenvalue weighted by Crippen LogP contribution is 2.40. The fourth-order valence-corrected chi connectivity index (χ4v) is 5.97. The number of aryl methyl sites for hydroxylation is 1. The molecule has 1 aliphatic rings. The Morgan fingerprint density at radius 1 is 1.09 bits per heavy atom. The van der Waals surface area contributed by atoms with Crippen LogP contribution in [0.4, 0.5) is 13.2 Å². The minimum atomic E-state index is -4.41. The van der Waals surface area contributed by atoms with Gasteiger partial charge in [0.15, 0.2) is 5.78 Å². The number of nitrogens with two attached hydrogens (primary N) is 1. The van der Waals surface area contributed by atoms with E-state index >= 15 is 0 Å². The van der Waals surface area contributed by atoms with Gasteiger partial charge in [0.25, 0.3) is 5.91 Å². The van der Waals surface area contributed by atoms with Crippen molar-refractivity contribution < 1.29 is 27.9 Å². The molecule has 10 heteroatoms. The molecule has 1 atom stereocenters. The highest BCUT2D eigenvalue weighted by atomic mass is 19.4. The van der Waals surface area contributed by atoms with Crippen LogP contribution in [-0.2, 0) is 42.3 Å². The number of hydrogen-bond acceptors (Lipinski definition) is 5. The molecule has 0 spiro atoms. The number of nitrogens with zero attached hydrogens (tertiary/aromatic N) is 2. The summed E-state index contributed by atoms with van der Waals surface area (Å²) in [4.78, 5) is 27.3. The van der Waals surface area contributed by atoms with Gasteiger partial charge >= 0.3 is 6.18 Å². The van der Waals surface area contributed by atoms with Crippen LogP contribution in [0.25, 0.3) is 0 Å². The highest BCUT2D eigenvalue weighted by molar-refractivity contribution is 6.11. The number of hydrogen-bond donors (Lipinski definition) is 3. The predicted octanol–water partition coefficient (Wildman–Crippen LogP) is 6.73. The Morgan fingerprint density at radius 2 is 1.73 bits per heavy atom. The summed E-state index contributed by atoms with van der Waals surface area (Å²) >= 11 is 0. The molecule has 1 aromatic heterocycles. The highest BCUT2D eigenvalue weighted by Gasteiger charge is 2.41. The standard InChI is InChI=1S/C25H29F3N4O2.C10H14O/c1-5-20-21(15(2)33)19-13-31(23(34)17(10-29)11-30)14-24(3,4)22(19)32(20)12-16-6-8-18(9-7-16)25(26,27)28;1-3-9-5-4-6-10(7-9)8(2)11/h6-11,29H,5,12-14,30H2,1-4H3;4-8,11H,3H2,1-2H3/b17-11+,29-10?;. The molecule has 4 rings (SSSR count). The number of fused-ring (bicyclic) bond motifs is 1. The molecule has 2 heterocycles. The van der Waals surface area contributed by atoms with Crippen LogP contribution in [0.2, 0.25) is 0 Å². The molecule has 1 unspecified atom stereocenters. The second kappa shape index (κ2) is 14.3. The molecule has 4 N–H and O–H groups in total. The Balaban J connectivity index is 0.000000423. The van der Waals surface area contributed by atoms with Crippen molar-refractivity contribution in [1.29, 1.82) is 5.41 Å². The van der Waals surface area contributed by atoms with Gasteiger partial charge in [-0.2, -0.15) is 13.2 Å². The minimum absolute atomic E-state index is 0.0588. The predicted molar refractivity (Wildman–Crippen MR) is 170 cm³/mol. The lowest BCUT2D eigenvalue weighted by Crippen LogP contribution is -2.46. The number of amides is 1. The number of carbonyl (C=O) groups is 2. The van der Waals surface area contributed by atoms with Crippen molar-refractivity contribution in [3.63, 3.8) is 0 Å². The third-order valence-corrected chi connectivity index (χ3v) is 8.07. The van der Waals surface area contributed by atoms with Gasteiger partial charge in [-0.25, -0.2) is 0 Å². The Bertz CT molecular complexity index is 1570. The van der Waals surface area contributed by atoms with Gasteiger partial charge in [-0.15, -0.1) is 0 Å². The maximum absolute atomic E-state index is 13.0. The number of aliphatic hydroxyl groups is 1. The van der Waals surface area contributed by atoms with Gasteiger partial charge in [-0.3, -0.25) is 9.59 Å². The molecule has 0 aliphatic carbocycles. The number of rotatable bonds is 8. The van der Waals surface area contributed by atoms with Crippen LogP contribution >= 0.6 is 0 Å². The van der Waals surface area contributed by atoms with E-state index in [0.29, 0.717) is 30.6 Å². The van der Waals surface area contributed by atoms with Crippen molar-refractivity contribution in [2.75, 3.05) is 6.54 Å². The largest absolute Gasteiger partial charge is 0.416 e. The van der Waals surface area contributed by atoms with Gasteiger partial charge in [0.1, 0.15) is 0 Å². The Kier molecular flexibility index (Phi) is 11.2. The number of benzene rings is 2.